The lowest BCUT2D eigenvalue weighted by atomic mass is 10.1. The zero-order valence-electron chi connectivity index (χ0n) is 7.26. The topological polar surface area (TPSA) is 47.6 Å². The average Bonchev–Trinajstić information content (AvgIpc) is 2.21. The van der Waals surface area contributed by atoms with Crippen molar-refractivity contribution < 1.29 is 4.39 Å². The first kappa shape index (κ1) is 12.2. The fourth-order valence-corrected chi connectivity index (χ4v) is 1.88. The number of nitrogens with zero attached hydrogens (tertiary/aromatic N) is 2. The largest absolute Gasteiger partial charge is 0.207 e. The third-order valence-corrected chi connectivity index (χ3v) is 4.04. The highest BCUT2D eigenvalue weighted by Gasteiger charge is 2.06. The third kappa shape index (κ3) is 3.01. The lowest BCUT2D eigenvalue weighted by Gasteiger charge is -2.01. The summed E-state index contributed by atoms with van der Waals surface area (Å²) in [5, 5.41) is 17.1. The highest BCUT2D eigenvalue weighted by molar-refractivity contribution is 14.1. The van der Waals surface area contributed by atoms with Crippen molar-refractivity contribution in [1.82, 2.24) is 0 Å². The molecule has 0 heterocycles. The van der Waals surface area contributed by atoms with Gasteiger partial charge in [-0.25, -0.2) is 4.39 Å². The Morgan fingerprint density at radius 1 is 1.40 bits per heavy atom. The molecule has 0 atom stereocenters. The second kappa shape index (κ2) is 5.24. The minimum Gasteiger partial charge on any atom is -0.207 e. The van der Waals surface area contributed by atoms with Crippen molar-refractivity contribution in [2.24, 2.45) is 0 Å². The summed E-state index contributed by atoms with van der Waals surface area (Å²) in [5.74, 6) is -0.399. The maximum absolute atomic E-state index is 13.0. The number of halogens is 3. The van der Waals surface area contributed by atoms with E-state index in [4.69, 9.17) is 10.5 Å². The quantitative estimate of drug-likeness (QED) is 0.427. The summed E-state index contributed by atoms with van der Waals surface area (Å²) < 4.78 is 14.4. The zero-order valence-corrected chi connectivity index (χ0v) is 11.0. The first-order valence-corrected chi connectivity index (χ1v) is 5.62. The van der Waals surface area contributed by atoms with E-state index in [9.17, 15) is 4.39 Å². The maximum atomic E-state index is 13.0. The minimum absolute atomic E-state index is 0.0582. The Bertz CT molecular complexity index is 495. The number of hydrogen-bond donors (Lipinski definition) is 0. The Hall–Kier alpha value is -0.920. The fraction of sp³-hybridized carbons (Fsp3) is 0. The third-order valence-electron chi connectivity index (χ3n) is 1.56. The summed E-state index contributed by atoms with van der Waals surface area (Å²) in [7, 11) is 0. The summed E-state index contributed by atoms with van der Waals surface area (Å²) in [6.45, 7) is 0. The standard InChI is InChI=1S/C10H3BrFIN2/c11-10-7(1-6(4-14)5-15)2-8(12)3-9(10)13/h1-3H. The van der Waals surface area contributed by atoms with Crippen LogP contribution in [0.25, 0.3) is 6.08 Å². The van der Waals surface area contributed by atoms with Crippen molar-refractivity contribution in [2.45, 2.75) is 0 Å². The molecule has 0 aromatic heterocycles. The van der Waals surface area contributed by atoms with Gasteiger partial charge < -0.3 is 0 Å². The van der Waals surface area contributed by atoms with Gasteiger partial charge >= 0.3 is 0 Å². The van der Waals surface area contributed by atoms with Crippen molar-refractivity contribution in [3.8, 4) is 12.1 Å². The smallest absolute Gasteiger partial charge is 0.130 e. The van der Waals surface area contributed by atoms with E-state index in [1.54, 1.807) is 12.1 Å². The van der Waals surface area contributed by atoms with Crippen molar-refractivity contribution >= 4 is 44.6 Å². The molecule has 1 aromatic rings. The first-order valence-electron chi connectivity index (χ1n) is 3.75. The molecule has 0 N–H and O–H groups in total. The molecule has 15 heavy (non-hydrogen) atoms. The lowest BCUT2D eigenvalue weighted by molar-refractivity contribution is 0.626. The van der Waals surface area contributed by atoms with E-state index in [-0.39, 0.29) is 5.57 Å². The molecule has 2 nitrogen and oxygen atoms in total. The molecule has 0 bridgehead atoms. The second-order valence-corrected chi connectivity index (χ2v) is 4.53. The fourth-order valence-electron chi connectivity index (χ4n) is 0.926. The second-order valence-electron chi connectivity index (χ2n) is 2.57. The van der Waals surface area contributed by atoms with Gasteiger partial charge in [-0.2, -0.15) is 10.5 Å². The molecule has 0 saturated carbocycles. The Labute approximate surface area is 108 Å². The Morgan fingerprint density at radius 2 is 2.00 bits per heavy atom. The van der Waals surface area contributed by atoms with E-state index in [2.05, 4.69) is 15.9 Å². The van der Waals surface area contributed by atoms with Crippen LogP contribution in [0.4, 0.5) is 4.39 Å². The van der Waals surface area contributed by atoms with Crippen LogP contribution in [0.5, 0.6) is 0 Å². The van der Waals surface area contributed by atoms with Gasteiger partial charge in [0.15, 0.2) is 0 Å². The van der Waals surface area contributed by atoms with Crippen molar-refractivity contribution in [3.63, 3.8) is 0 Å². The number of rotatable bonds is 1. The van der Waals surface area contributed by atoms with Crippen LogP contribution in [0.3, 0.4) is 0 Å². The molecular formula is C10H3BrFIN2. The predicted molar refractivity (Wildman–Crippen MR) is 66.0 cm³/mol. The molecule has 0 amide bonds. The van der Waals surface area contributed by atoms with Gasteiger partial charge in [0, 0.05) is 8.04 Å². The van der Waals surface area contributed by atoms with Crippen LogP contribution in [0, 0.1) is 32.0 Å². The molecule has 0 aliphatic heterocycles. The van der Waals surface area contributed by atoms with E-state index in [1.165, 1.54) is 18.2 Å². The van der Waals surface area contributed by atoms with E-state index >= 15 is 0 Å². The maximum Gasteiger partial charge on any atom is 0.130 e. The number of hydrogen-bond acceptors (Lipinski definition) is 2. The van der Waals surface area contributed by atoms with Gasteiger partial charge in [-0.15, -0.1) is 0 Å². The summed E-state index contributed by atoms with van der Waals surface area (Å²) in [6, 6.07) is 6.07. The van der Waals surface area contributed by atoms with Gasteiger partial charge in [0.25, 0.3) is 0 Å². The first-order chi connectivity index (χ1) is 7.08. The SMILES string of the molecule is N#CC(C#N)=Cc1cc(F)cc(I)c1Br. The molecule has 5 heteroatoms. The number of allylic oxidation sites excluding steroid dienone is 1. The molecule has 1 rings (SSSR count). The van der Waals surface area contributed by atoms with E-state index in [0.717, 1.165) is 0 Å². The van der Waals surface area contributed by atoms with Gasteiger partial charge in [0.2, 0.25) is 0 Å². The molecule has 0 fully saturated rings. The minimum atomic E-state index is -0.399. The molecule has 0 unspecified atom stereocenters. The highest BCUT2D eigenvalue weighted by atomic mass is 127. The van der Waals surface area contributed by atoms with Crippen LogP contribution >= 0.6 is 38.5 Å². The van der Waals surface area contributed by atoms with Gasteiger partial charge in [0.05, 0.1) is 0 Å². The molecule has 0 spiro atoms. The predicted octanol–water partition coefficient (Wildman–Crippen LogP) is 3.62. The Morgan fingerprint density at radius 3 is 2.53 bits per heavy atom. The molecule has 0 saturated heterocycles. The Kier molecular flexibility index (Phi) is 4.25. The number of benzene rings is 1. The summed E-state index contributed by atoms with van der Waals surface area (Å²) >= 11 is 5.23. The van der Waals surface area contributed by atoms with Crippen LogP contribution in [-0.2, 0) is 0 Å². The van der Waals surface area contributed by atoms with Crippen molar-refractivity contribution in [3.05, 3.63) is 37.1 Å². The Balaban J connectivity index is 3.35. The lowest BCUT2D eigenvalue weighted by Crippen LogP contribution is -1.86. The zero-order chi connectivity index (χ0) is 11.4. The monoisotopic (exact) mass is 376 g/mol. The van der Waals surface area contributed by atoms with Crippen LogP contribution in [0.15, 0.2) is 22.2 Å². The van der Waals surface area contributed by atoms with Gasteiger partial charge in [-0.3, -0.25) is 0 Å². The summed E-state index contributed by atoms with van der Waals surface area (Å²) in [5.41, 5.74) is 0.426. The van der Waals surface area contributed by atoms with E-state index in [0.29, 0.717) is 13.6 Å². The number of nitriles is 2. The van der Waals surface area contributed by atoms with E-state index < -0.39 is 5.82 Å². The molecule has 0 radical (unpaired) electrons. The van der Waals surface area contributed by atoms with Crippen molar-refractivity contribution in [1.29, 1.82) is 10.5 Å². The molecule has 74 valence electrons. The van der Waals surface area contributed by atoms with Gasteiger partial charge in [-0.05, 0) is 62.3 Å². The van der Waals surface area contributed by atoms with Crippen LogP contribution < -0.4 is 0 Å². The van der Waals surface area contributed by atoms with E-state index in [1.807, 2.05) is 22.6 Å². The van der Waals surface area contributed by atoms with Crippen LogP contribution in [0.2, 0.25) is 0 Å². The van der Waals surface area contributed by atoms with Gasteiger partial charge in [-0.1, -0.05) is 0 Å². The summed E-state index contributed by atoms with van der Waals surface area (Å²) in [6.07, 6.45) is 1.34. The van der Waals surface area contributed by atoms with Crippen LogP contribution in [0.1, 0.15) is 5.56 Å². The molecule has 0 aliphatic carbocycles. The molecule has 1 aromatic carbocycles. The summed E-state index contributed by atoms with van der Waals surface area (Å²) in [4.78, 5) is 0. The van der Waals surface area contributed by atoms with Crippen molar-refractivity contribution in [2.75, 3.05) is 0 Å². The average molecular weight is 377 g/mol. The molecule has 0 aliphatic rings. The normalized spacial score (nSPS) is 8.87. The molecular weight excluding hydrogens is 374 g/mol. The van der Waals surface area contributed by atoms with Crippen LogP contribution in [-0.4, -0.2) is 0 Å². The van der Waals surface area contributed by atoms with Gasteiger partial charge in [0.1, 0.15) is 23.5 Å². The highest BCUT2D eigenvalue weighted by Crippen LogP contribution is 2.26.